The maximum Gasteiger partial charge on any atom is 0.152 e. The second-order valence-electron chi connectivity index (χ2n) is 4.23. The van der Waals surface area contributed by atoms with Gasteiger partial charge in [0.15, 0.2) is 5.82 Å². The predicted octanol–water partition coefficient (Wildman–Crippen LogP) is 2.51. The molecule has 0 unspecified atom stereocenters. The first kappa shape index (κ1) is 11.5. The Kier molecular flexibility index (Phi) is 3.04. The monoisotopic (exact) mass is 231 g/mol. The highest BCUT2D eigenvalue weighted by Crippen LogP contribution is 2.21. The molecule has 0 aromatic carbocycles. The van der Waals surface area contributed by atoms with Gasteiger partial charge < -0.3 is 15.1 Å². The van der Waals surface area contributed by atoms with E-state index in [4.69, 9.17) is 10.2 Å². The van der Waals surface area contributed by atoms with Gasteiger partial charge in [0, 0.05) is 12.7 Å². The van der Waals surface area contributed by atoms with Crippen LogP contribution in [0.1, 0.15) is 17.2 Å². The van der Waals surface area contributed by atoms with Gasteiger partial charge in [0.1, 0.15) is 11.5 Å². The van der Waals surface area contributed by atoms with Gasteiger partial charge in [0.05, 0.1) is 12.2 Å². The van der Waals surface area contributed by atoms with Gasteiger partial charge in [-0.1, -0.05) is 0 Å². The lowest BCUT2D eigenvalue weighted by Crippen LogP contribution is -2.19. The van der Waals surface area contributed by atoms with Crippen molar-refractivity contribution in [2.75, 3.05) is 17.7 Å². The average molecular weight is 231 g/mol. The number of nitrogens with two attached hydrogens (primary N) is 1. The minimum Gasteiger partial charge on any atom is -0.464 e. The first-order valence-corrected chi connectivity index (χ1v) is 5.56. The molecule has 2 aromatic heterocycles. The summed E-state index contributed by atoms with van der Waals surface area (Å²) in [5, 5.41) is 0. The van der Waals surface area contributed by atoms with Gasteiger partial charge in [-0.25, -0.2) is 4.98 Å². The fourth-order valence-electron chi connectivity index (χ4n) is 1.74. The molecule has 2 aromatic rings. The molecule has 17 heavy (non-hydrogen) atoms. The second-order valence-corrected chi connectivity index (χ2v) is 4.23. The van der Waals surface area contributed by atoms with Crippen LogP contribution >= 0.6 is 0 Å². The van der Waals surface area contributed by atoms with Crippen molar-refractivity contribution in [1.82, 2.24) is 4.98 Å². The van der Waals surface area contributed by atoms with Crippen molar-refractivity contribution in [1.29, 1.82) is 0 Å². The van der Waals surface area contributed by atoms with Gasteiger partial charge in [-0.05, 0) is 38.1 Å². The highest BCUT2D eigenvalue weighted by molar-refractivity contribution is 5.62. The number of nitrogens with zero attached hydrogens (tertiary/aromatic N) is 2. The molecule has 2 N–H and O–H groups in total. The van der Waals surface area contributed by atoms with Gasteiger partial charge in [0.25, 0.3) is 0 Å². The van der Waals surface area contributed by atoms with Crippen LogP contribution in [0.3, 0.4) is 0 Å². The molecule has 0 aliphatic rings. The Morgan fingerprint density at radius 2 is 2.00 bits per heavy atom. The summed E-state index contributed by atoms with van der Waals surface area (Å²) < 4.78 is 5.54. The van der Waals surface area contributed by atoms with Crippen molar-refractivity contribution in [2.24, 2.45) is 0 Å². The van der Waals surface area contributed by atoms with E-state index in [2.05, 4.69) is 4.98 Å². The molecular formula is C13H17N3O. The molecular weight excluding hydrogens is 214 g/mol. The molecule has 90 valence electrons. The van der Waals surface area contributed by atoms with E-state index in [0.717, 1.165) is 23.0 Å². The van der Waals surface area contributed by atoms with E-state index in [9.17, 15) is 0 Å². The highest BCUT2D eigenvalue weighted by atomic mass is 16.3. The Balaban J connectivity index is 2.19. The van der Waals surface area contributed by atoms with Crippen LogP contribution in [0.25, 0.3) is 0 Å². The van der Waals surface area contributed by atoms with Gasteiger partial charge in [-0.15, -0.1) is 0 Å². The molecule has 0 radical (unpaired) electrons. The maximum atomic E-state index is 5.91. The summed E-state index contributed by atoms with van der Waals surface area (Å²) in [5.74, 6) is 2.62. The van der Waals surface area contributed by atoms with Gasteiger partial charge in [-0.3, -0.25) is 0 Å². The molecule has 0 bridgehead atoms. The Labute approximate surface area is 101 Å². The van der Waals surface area contributed by atoms with Crippen LogP contribution in [-0.2, 0) is 6.54 Å². The van der Waals surface area contributed by atoms with E-state index in [1.807, 2.05) is 50.1 Å². The summed E-state index contributed by atoms with van der Waals surface area (Å²) in [7, 11) is 1.95. The molecule has 0 atom stereocenters. The highest BCUT2D eigenvalue weighted by Gasteiger charge is 2.09. The van der Waals surface area contributed by atoms with Gasteiger partial charge in [-0.2, -0.15) is 0 Å². The summed E-state index contributed by atoms with van der Waals surface area (Å²) in [6.07, 6.45) is 0. The Morgan fingerprint density at radius 1 is 1.24 bits per heavy atom. The second kappa shape index (κ2) is 4.49. The first-order chi connectivity index (χ1) is 8.06. The zero-order chi connectivity index (χ0) is 12.4. The SMILES string of the molecule is Cc1ccc(N)c(N(C)Cc2ccc(C)o2)n1. The lowest BCUT2D eigenvalue weighted by atomic mass is 10.3. The fourth-order valence-corrected chi connectivity index (χ4v) is 1.74. The van der Waals surface area contributed by atoms with Crippen molar-refractivity contribution in [3.8, 4) is 0 Å². The maximum absolute atomic E-state index is 5.91. The Morgan fingerprint density at radius 3 is 2.65 bits per heavy atom. The number of rotatable bonds is 3. The van der Waals surface area contributed by atoms with E-state index in [0.29, 0.717) is 12.2 Å². The van der Waals surface area contributed by atoms with Crippen LogP contribution in [0, 0.1) is 13.8 Å². The van der Waals surface area contributed by atoms with E-state index in [-0.39, 0.29) is 0 Å². The summed E-state index contributed by atoms with van der Waals surface area (Å²) in [6.45, 7) is 4.55. The molecule has 2 heterocycles. The summed E-state index contributed by atoms with van der Waals surface area (Å²) in [5.41, 5.74) is 7.55. The zero-order valence-electron chi connectivity index (χ0n) is 10.4. The number of aryl methyl sites for hydroxylation is 2. The molecule has 4 nitrogen and oxygen atoms in total. The van der Waals surface area contributed by atoms with Crippen molar-refractivity contribution in [3.63, 3.8) is 0 Å². The van der Waals surface area contributed by atoms with Crippen LogP contribution in [0.4, 0.5) is 11.5 Å². The molecule has 0 fully saturated rings. The van der Waals surface area contributed by atoms with Crippen LogP contribution in [0.15, 0.2) is 28.7 Å². The van der Waals surface area contributed by atoms with E-state index in [1.165, 1.54) is 0 Å². The number of pyridine rings is 1. The van der Waals surface area contributed by atoms with Gasteiger partial charge in [0.2, 0.25) is 0 Å². The molecule has 0 aliphatic heterocycles. The molecule has 0 saturated carbocycles. The van der Waals surface area contributed by atoms with Crippen LogP contribution in [0.2, 0.25) is 0 Å². The molecule has 0 aliphatic carbocycles. The molecule has 0 saturated heterocycles. The number of furan rings is 1. The standard InChI is InChI=1S/C13H17N3O/c1-9-4-7-12(14)13(15-9)16(3)8-11-6-5-10(2)17-11/h4-7H,8,14H2,1-3H3. The number of aromatic nitrogens is 1. The first-order valence-electron chi connectivity index (χ1n) is 5.56. The van der Waals surface area contributed by atoms with Crippen molar-refractivity contribution in [3.05, 3.63) is 41.5 Å². The fraction of sp³-hybridized carbons (Fsp3) is 0.308. The number of hydrogen-bond donors (Lipinski definition) is 1. The zero-order valence-corrected chi connectivity index (χ0v) is 10.4. The van der Waals surface area contributed by atoms with E-state index in [1.54, 1.807) is 0 Å². The molecule has 0 amide bonds. The average Bonchev–Trinajstić information content (AvgIpc) is 2.67. The third-order valence-electron chi connectivity index (χ3n) is 2.60. The van der Waals surface area contributed by atoms with E-state index < -0.39 is 0 Å². The van der Waals surface area contributed by atoms with E-state index >= 15 is 0 Å². The molecule has 2 rings (SSSR count). The lowest BCUT2D eigenvalue weighted by molar-refractivity contribution is 0.481. The van der Waals surface area contributed by atoms with Crippen LogP contribution < -0.4 is 10.6 Å². The number of anilines is 2. The predicted molar refractivity (Wildman–Crippen MR) is 68.9 cm³/mol. The normalized spacial score (nSPS) is 10.5. The van der Waals surface area contributed by atoms with Crippen molar-refractivity contribution >= 4 is 11.5 Å². The third kappa shape index (κ3) is 2.58. The Bertz CT molecular complexity index is 519. The molecule has 0 spiro atoms. The van der Waals surface area contributed by atoms with Gasteiger partial charge >= 0.3 is 0 Å². The minimum atomic E-state index is 0.661. The largest absolute Gasteiger partial charge is 0.464 e. The number of hydrogen-bond acceptors (Lipinski definition) is 4. The third-order valence-corrected chi connectivity index (χ3v) is 2.60. The number of nitrogen functional groups attached to an aromatic ring is 1. The topological polar surface area (TPSA) is 55.3 Å². The summed E-state index contributed by atoms with van der Waals surface area (Å²) >= 11 is 0. The summed E-state index contributed by atoms with van der Waals surface area (Å²) in [4.78, 5) is 6.42. The van der Waals surface area contributed by atoms with Crippen molar-refractivity contribution in [2.45, 2.75) is 20.4 Å². The summed E-state index contributed by atoms with van der Waals surface area (Å²) in [6, 6.07) is 7.71. The molecule has 4 heteroatoms. The lowest BCUT2D eigenvalue weighted by Gasteiger charge is -2.18. The quantitative estimate of drug-likeness (QED) is 0.881. The Hall–Kier alpha value is -1.97. The van der Waals surface area contributed by atoms with Crippen LogP contribution in [0.5, 0.6) is 0 Å². The smallest absolute Gasteiger partial charge is 0.152 e. The van der Waals surface area contributed by atoms with Crippen molar-refractivity contribution < 1.29 is 4.42 Å². The van der Waals surface area contributed by atoms with Crippen LogP contribution in [-0.4, -0.2) is 12.0 Å². The minimum absolute atomic E-state index is 0.661.